The Morgan fingerprint density at radius 3 is 2.02 bits per heavy atom. The van der Waals surface area contributed by atoms with Crippen molar-refractivity contribution < 1.29 is 39.2 Å². The summed E-state index contributed by atoms with van der Waals surface area (Å²) in [5.41, 5.74) is 0. The van der Waals surface area contributed by atoms with Crippen LogP contribution in [0.2, 0.25) is 0 Å². The molecule has 5 atom stereocenters. The van der Waals surface area contributed by atoms with Crippen LogP contribution in [-0.4, -0.2) is 64.6 Å². The van der Waals surface area contributed by atoms with Crippen LogP contribution in [0.4, 0.5) is 0 Å². The number of unbranched alkanes of at least 4 members (excludes halogenated alkanes) is 10. The maximum absolute atomic E-state index is 12.4. The van der Waals surface area contributed by atoms with Crippen molar-refractivity contribution in [1.29, 1.82) is 0 Å². The van der Waals surface area contributed by atoms with Gasteiger partial charge in [0, 0.05) is 31.1 Å². The third kappa shape index (κ3) is 21.4. The van der Waals surface area contributed by atoms with E-state index in [1.807, 2.05) is 12.2 Å². The molecule has 0 aromatic rings. The summed E-state index contributed by atoms with van der Waals surface area (Å²) in [6.45, 7) is 6.24. The van der Waals surface area contributed by atoms with E-state index in [-0.39, 0.29) is 43.7 Å². The zero-order valence-corrected chi connectivity index (χ0v) is 28.5. The van der Waals surface area contributed by atoms with E-state index in [4.69, 9.17) is 9.47 Å². The number of aliphatic hydroxyl groups excluding tert-OH is 3. The predicted octanol–water partition coefficient (Wildman–Crippen LogP) is 7.17. The van der Waals surface area contributed by atoms with E-state index in [1.54, 1.807) is 12.2 Å². The van der Waals surface area contributed by atoms with Gasteiger partial charge in [0.2, 0.25) is 0 Å². The molecule has 0 aliphatic heterocycles. The van der Waals surface area contributed by atoms with Gasteiger partial charge in [-0.3, -0.25) is 14.4 Å². The molecule has 0 aromatic carbocycles. The zero-order valence-electron chi connectivity index (χ0n) is 28.5. The second-order valence-corrected chi connectivity index (χ2v) is 13.3. The Kier molecular flexibility index (Phi) is 23.8. The van der Waals surface area contributed by atoms with Gasteiger partial charge in [0.25, 0.3) is 0 Å². The number of allylic oxidation sites excluding steroid dienone is 3. The van der Waals surface area contributed by atoms with Gasteiger partial charge in [0.05, 0.1) is 12.2 Å². The molecule has 0 bridgehead atoms. The molecular formula is C37H64O8. The Morgan fingerprint density at radius 2 is 1.40 bits per heavy atom. The number of carbonyl (C=O) groups is 3. The molecule has 1 fully saturated rings. The molecule has 45 heavy (non-hydrogen) atoms. The largest absolute Gasteiger partial charge is 0.463 e. The quantitative estimate of drug-likeness (QED) is 0.0492. The topological polar surface area (TPSA) is 130 Å². The number of ketones is 1. The van der Waals surface area contributed by atoms with E-state index < -0.39 is 30.2 Å². The van der Waals surface area contributed by atoms with Crippen molar-refractivity contribution in [2.45, 2.75) is 161 Å². The number of Topliss-reactive ketones (excluding diaryl/α,β-unsaturated/α-hetero) is 1. The average molecular weight is 637 g/mol. The standard InChI is InChI=1S/C37H64O8/c1-4-5-14-20-30(38)24-25-33-32(34(40)26-35(33)41)21-16-12-13-18-23-37(43)45-28-31(39)27-44-36(42)22-17-11-9-7-6-8-10-15-19-29(2)3/h12,16,24-25,29-34,38-40H,4-11,13-15,17-23,26-28H2,1-3H3/b16-12-,25-24+/t30-,31+,32+,33+,34-/m0/s1. The molecule has 0 heterocycles. The van der Waals surface area contributed by atoms with Crippen LogP contribution in [-0.2, 0) is 23.9 Å². The number of aliphatic hydroxyl groups is 3. The van der Waals surface area contributed by atoms with Gasteiger partial charge in [-0.15, -0.1) is 0 Å². The fraction of sp³-hybridized carbons (Fsp3) is 0.811. The molecule has 0 unspecified atom stereocenters. The fourth-order valence-corrected chi connectivity index (χ4v) is 5.66. The van der Waals surface area contributed by atoms with Gasteiger partial charge >= 0.3 is 11.9 Å². The summed E-state index contributed by atoms with van der Waals surface area (Å²) in [4.78, 5) is 36.3. The minimum Gasteiger partial charge on any atom is -0.463 e. The lowest BCUT2D eigenvalue weighted by Crippen LogP contribution is -2.25. The SMILES string of the molecule is CCCCC[C@H](O)/C=C/[C@H]1C(=O)C[C@H](O)[C@@H]1C/C=C\CCCC(=O)OC[C@H](O)COC(=O)CCCCCCCCCCC(C)C. The molecule has 1 saturated carbocycles. The third-order valence-corrected chi connectivity index (χ3v) is 8.49. The fourth-order valence-electron chi connectivity index (χ4n) is 5.66. The number of ether oxygens (including phenoxy) is 2. The summed E-state index contributed by atoms with van der Waals surface area (Å²) < 4.78 is 10.2. The van der Waals surface area contributed by atoms with Crippen molar-refractivity contribution in [1.82, 2.24) is 0 Å². The first-order chi connectivity index (χ1) is 21.6. The van der Waals surface area contributed by atoms with Gasteiger partial charge in [-0.25, -0.2) is 0 Å². The van der Waals surface area contributed by atoms with Gasteiger partial charge < -0.3 is 24.8 Å². The maximum atomic E-state index is 12.4. The molecule has 8 heteroatoms. The molecule has 1 aliphatic rings. The highest BCUT2D eigenvalue weighted by molar-refractivity contribution is 5.86. The molecule has 0 amide bonds. The van der Waals surface area contributed by atoms with Crippen LogP contribution in [0.5, 0.6) is 0 Å². The van der Waals surface area contributed by atoms with Crippen LogP contribution < -0.4 is 0 Å². The first-order valence-electron chi connectivity index (χ1n) is 17.8. The van der Waals surface area contributed by atoms with Crippen molar-refractivity contribution in [2.24, 2.45) is 17.8 Å². The van der Waals surface area contributed by atoms with Crippen molar-refractivity contribution in [3.63, 3.8) is 0 Å². The molecule has 0 saturated heterocycles. The Labute approximate surface area is 273 Å². The van der Waals surface area contributed by atoms with Crippen molar-refractivity contribution in [3.05, 3.63) is 24.3 Å². The number of hydrogen-bond acceptors (Lipinski definition) is 8. The summed E-state index contributed by atoms with van der Waals surface area (Å²) in [5.74, 6) is -0.578. The summed E-state index contributed by atoms with van der Waals surface area (Å²) >= 11 is 0. The van der Waals surface area contributed by atoms with Crippen molar-refractivity contribution >= 4 is 17.7 Å². The van der Waals surface area contributed by atoms with Gasteiger partial charge in [0.15, 0.2) is 0 Å². The number of carbonyl (C=O) groups excluding carboxylic acids is 3. The summed E-state index contributed by atoms with van der Waals surface area (Å²) in [5, 5.41) is 30.5. The highest BCUT2D eigenvalue weighted by atomic mass is 16.6. The lowest BCUT2D eigenvalue weighted by atomic mass is 9.90. The third-order valence-electron chi connectivity index (χ3n) is 8.49. The minimum absolute atomic E-state index is 0.00137. The molecule has 8 nitrogen and oxygen atoms in total. The van der Waals surface area contributed by atoms with Gasteiger partial charge in [-0.2, -0.15) is 0 Å². The van der Waals surface area contributed by atoms with E-state index in [0.29, 0.717) is 32.1 Å². The normalized spacial score (nSPS) is 20.0. The van der Waals surface area contributed by atoms with E-state index in [9.17, 15) is 29.7 Å². The lowest BCUT2D eigenvalue weighted by molar-refractivity contribution is -0.152. The second-order valence-electron chi connectivity index (χ2n) is 13.3. The van der Waals surface area contributed by atoms with E-state index in [2.05, 4.69) is 20.8 Å². The molecule has 1 aliphatic carbocycles. The van der Waals surface area contributed by atoms with Gasteiger partial charge in [-0.1, -0.05) is 116 Å². The second kappa shape index (κ2) is 26.1. The molecule has 0 radical (unpaired) electrons. The van der Waals surface area contributed by atoms with Crippen LogP contribution in [0.25, 0.3) is 0 Å². The Morgan fingerprint density at radius 1 is 0.822 bits per heavy atom. The maximum Gasteiger partial charge on any atom is 0.305 e. The van der Waals surface area contributed by atoms with Gasteiger partial charge in [0.1, 0.15) is 25.1 Å². The molecular weight excluding hydrogens is 572 g/mol. The van der Waals surface area contributed by atoms with E-state index in [0.717, 1.165) is 44.4 Å². The zero-order chi connectivity index (χ0) is 33.3. The summed E-state index contributed by atoms with van der Waals surface area (Å²) in [6.07, 6.45) is 21.8. The minimum atomic E-state index is -1.05. The van der Waals surface area contributed by atoms with Crippen LogP contribution in [0.3, 0.4) is 0 Å². The van der Waals surface area contributed by atoms with Gasteiger partial charge in [-0.05, 0) is 38.0 Å². The Balaban J connectivity index is 2.11. The Hall–Kier alpha value is -2.03. The highest BCUT2D eigenvalue weighted by Crippen LogP contribution is 2.33. The molecule has 3 N–H and O–H groups in total. The molecule has 0 spiro atoms. The predicted molar refractivity (Wildman–Crippen MR) is 178 cm³/mol. The van der Waals surface area contributed by atoms with Crippen LogP contribution >= 0.6 is 0 Å². The van der Waals surface area contributed by atoms with E-state index in [1.165, 1.54) is 38.5 Å². The summed E-state index contributed by atoms with van der Waals surface area (Å²) in [7, 11) is 0. The smallest absolute Gasteiger partial charge is 0.305 e. The van der Waals surface area contributed by atoms with Crippen LogP contribution in [0.1, 0.15) is 143 Å². The lowest BCUT2D eigenvalue weighted by Gasteiger charge is -2.17. The molecule has 1 rings (SSSR count). The number of hydrogen-bond donors (Lipinski definition) is 3. The van der Waals surface area contributed by atoms with Crippen molar-refractivity contribution in [3.8, 4) is 0 Å². The van der Waals surface area contributed by atoms with Crippen molar-refractivity contribution in [2.75, 3.05) is 13.2 Å². The van der Waals surface area contributed by atoms with Crippen LogP contribution in [0, 0.1) is 17.8 Å². The number of esters is 2. The average Bonchev–Trinajstić information content (AvgIpc) is 3.27. The summed E-state index contributed by atoms with van der Waals surface area (Å²) in [6, 6.07) is 0. The Bertz CT molecular complexity index is 851. The monoisotopic (exact) mass is 636 g/mol. The number of rotatable bonds is 27. The first kappa shape index (κ1) is 41.0. The van der Waals surface area contributed by atoms with Crippen LogP contribution in [0.15, 0.2) is 24.3 Å². The first-order valence-corrected chi connectivity index (χ1v) is 17.8. The molecule has 260 valence electrons. The van der Waals surface area contributed by atoms with E-state index >= 15 is 0 Å². The highest BCUT2D eigenvalue weighted by Gasteiger charge is 2.39. The molecule has 0 aromatic heterocycles.